The van der Waals surface area contributed by atoms with Gasteiger partial charge in [-0.25, -0.2) is 0 Å². The molecule has 0 radical (unpaired) electrons. The number of carboxylic acid groups (broad SMARTS) is 1. The molecule has 5 N–H and O–H groups in total. The molecule has 176 valence electrons. The average molecular weight is 446 g/mol. The van der Waals surface area contributed by atoms with E-state index in [0.29, 0.717) is 18.7 Å². The fourth-order valence-corrected chi connectivity index (χ4v) is 7.34. The summed E-state index contributed by atoms with van der Waals surface area (Å²) in [4.78, 5) is 14.4. The summed E-state index contributed by atoms with van der Waals surface area (Å²) in [5, 5.41) is 24.0. The SMILES string of the molecule is CO[C@@]12CC[C@H](N[C@@H](CCCCN)C(=O)O)[C@@H]3Oc4c(O)ccc5c4[C@@]31CCN(C)[C@@H]2C5. The van der Waals surface area contributed by atoms with Crippen LogP contribution in [0.15, 0.2) is 12.1 Å². The van der Waals surface area contributed by atoms with Crippen LogP contribution in [0.3, 0.4) is 0 Å². The minimum atomic E-state index is -0.841. The number of benzene rings is 1. The third-order valence-electron chi connectivity index (χ3n) is 8.71. The van der Waals surface area contributed by atoms with Crippen LogP contribution < -0.4 is 15.8 Å². The second-order valence-corrected chi connectivity index (χ2v) is 9.99. The minimum absolute atomic E-state index is 0.140. The number of hydrogen-bond acceptors (Lipinski definition) is 7. The second-order valence-electron chi connectivity index (χ2n) is 9.99. The van der Waals surface area contributed by atoms with Gasteiger partial charge in [0.15, 0.2) is 11.5 Å². The molecule has 0 amide bonds. The number of nitrogens with one attached hydrogen (secondary N) is 1. The van der Waals surface area contributed by atoms with Crippen LogP contribution in [-0.4, -0.2) is 78.2 Å². The first-order valence-corrected chi connectivity index (χ1v) is 11.9. The standard InChI is InChI=1S/C24H35N3O5/c1-27-12-10-23-19-14-6-7-17(28)20(19)32-21(23)15(8-9-24(23,31-2)18(27)13-14)26-16(22(29)30)5-3-4-11-25/h6-7,15-16,18,21,26,28H,3-5,8-13,25H2,1-2H3,(H,29,30)/t15-,16-,18+,21-,23-,24+/m0/s1. The number of rotatable bonds is 8. The van der Waals surface area contributed by atoms with E-state index < -0.39 is 23.0 Å². The first-order valence-electron chi connectivity index (χ1n) is 11.9. The molecule has 8 nitrogen and oxygen atoms in total. The molecule has 0 aromatic heterocycles. The molecule has 0 unspecified atom stereocenters. The van der Waals surface area contributed by atoms with Crippen molar-refractivity contribution in [2.24, 2.45) is 5.73 Å². The number of phenols is 1. The molecular formula is C24H35N3O5. The fourth-order valence-electron chi connectivity index (χ4n) is 7.34. The Morgan fingerprint density at radius 3 is 2.94 bits per heavy atom. The van der Waals surface area contributed by atoms with Gasteiger partial charge in [-0.2, -0.15) is 0 Å². The van der Waals surface area contributed by atoms with E-state index >= 15 is 0 Å². The molecule has 2 aliphatic carbocycles. The first-order chi connectivity index (χ1) is 15.4. The second kappa shape index (κ2) is 7.87. The molecule has 4 aliphatic rings. The lowest BCUT2D eigenvalue weighted by Gasteiger charge is -2.65. The predicted octanol–water partition coefficient (Wildman–Crippen LogP) is 1.37. The molecule has 1 spiro atoms. The number of nitrogens with zero attached hydrogens (tertiary/aromatic N) is 1. The number of carbonyl (C=O) groups is 1. The number of unbranched alkanes of at least 4 members (excludes halogenated alkanes) is 1. The van der Waals surface area contributed by atoms with Crippen molar-refractivity contribution in [2.75, 3.05) is 27.2 Å². The Bertz CT molecular complexity index is 910. The number of aliphatic carboxylic acids is 1. The first kappa shape index (κ1) is 21.9. The molecule has 2 bridgehead atoms. The zero-order valence-electron chi connectivity index (χ0n) is 19.0. The monoisotopic (exact) mass is 445 g/mol. The largest absolute Gasteiger partial charge is 0.504 e. The van der Waals surface area contributed by atoms with Crippen molar-refractivity contribution in [1.29, 1.82) is 0 Å². The van der Waals surface area contributed by atoms with Gasteiger partial charge in [0.2, 0.25) is 0 Å². The Balaban J connectivity index is 1.56. The van der Waals surface area contributed by atoms with Gasteiger partial charge >= 0.3 is 5.97 Å². The van der Waals surface area contributed by atoms with E-state index in [-0.39, 0.29) is 23.9 Å². The Hall–Kier alpha value is -1.87. The molecule has 8 heteroatoms. The van der Waals surface area contributed by atoms with Crippen molar-refractivity contribution in [3.63, 3.8) is 0 Å². The number of ether oxygens (including phenoxy) is 2. The molecule has 2 aliphatic heterocycles. The van der Waals surface area contributed by atoms with Crippen LogP contribution in [0.25, 0.3) is 0 Å². The van der Waals surface area contributed by atoms with E-state index in [1.165, 1.54) is 5.56 Å². The highest BCUT2D eigenvalue weighted by Crippen LogP contribution is 2.66. The molecule has 1 saturated heterocycles. The quantitative estimate of drug-likeness (QED) is 0.443. The molecule has 1 saturated carbocycles. The Labute approximate surface area is 189 Å². The van der Waals surface area contributed by atoms with Gasteiger partial charge in [0.05, 0.1) is 11.0 Å². The van der Waals surface area contributed by atoms with E-state index in [9.17, 15) is 15.0 Å². The van der Waals surface area contributed by atoms with Crippen molar-refractivity contribution in [2.45, 2.75) is 80.2 Å². The Kier molecular flexibility index (Phi) is 5.40. The topological polar surface area (TPSA) is 117 Å². The minimum Gasteiger partial charge on any atom is -0.504 e. The number of methoxy groups -OCH3 is 1. The van der Waals surface area contributed by atoms with E-state index in [1.807, 2.05) is 6.07 Å². The van der Waals surface area contributed by atoms with Gasteiger partial charge < -0.3 is 30.3 Å². The zero-order chi connectivity index (χ0) is 22.7. The van der Waals surface area contributed by atoms with Gasteiger partial charge in [0.25, 0.3) is 0 Å². The van der Waals surface area contributed by atoms with Gasteiger partial charge in [-0.15, -0.1) is 0 Å². The number of nitrogens with two attached hydrogens (primary N) is 1. The summed E-state index contributed by atoms with van der Waals surface area (Å²) in [7, 11) is 3.97. The summed E-state index contributed by atoms with van der Waals surface area (Å²) < 4.78 is 13.0. The van der Waals surface area contributed by atoms with Crippen molar-refractivity contribution in [3.05, 3.63) is 23.3 Å². The number of phenolic OH excluding ortho intramolecular Hbond substituents is 1. The smallest absolute Gasteiger partial charge is 0.320 e. The highest BCUT2D eigenvalue weighted by Gasteiger charge is 2.73. The number of aromatic hydroxyl groups is 1. The number of hydrogen-bond donors (Lipinski definition) is 4. The van der Waals surface area contributed by atoms with Crippen molar-refractivity contribution in [1.82, 2.24) is 10.2 Å². The van der Waals surface area contributed by atoms with Crippen LogP contribution in [-0.2, 0) is 21.4 Å². The van der Waals surface area contributed by atoms with E-state index in [2.05, 4.69) is 17.3 Å². The van der Waals surface area contributed by atoms with Crippen molar-refractivity contribution < 1.29 is 24.5 Å². The number of piperidine rings is 1. The molecule has 1 aromatic rings. The van der Waals surface area contributed by atoms with Crippen LogP contribution in [0.1, 0.15) is 49.7 Å². The normalized spacial score (nSPS) is 35.8. The molecule has 1 aromatic carbocycles. The number of carboxylic acids is 1. The molecule has 6 atom stereocenters. The predicted molar refractivity (Wildman–Crippen MR) is 119 cm³/mol. The lowest BCUT2D eigenvalue weighted by atomic mass is 9.48. The van der Waals surface area contributed by atoms with E-state index in [4.69, 9.17) is 15.2 Å². The molecule has 2 fully saturated rings. The maximum atomic E-state index is 12.0. The van der Waals surface area contributed by atoms with E-state index in [1.54, 1.807) is 13.2 Å². The average Bonchev–Trinajstić information content (AvgIpc) is 3.14. The molecule has 2 heterocycles. The van der Waals surface area contributed by atoms with Gasteiger partial charge in [0, 0.05) is 24.8 Å². The van der Waals surface area contributed by atoms with Gasteiger partial charge in [-0.3, -0.25) is 10.1 Å². The van der Waals surface area contributed by atoms with Crippen LogP contribution in [0.5, 0.6) is 11.5 Å². The lowest BCUT2D eigenvalue weighted by Crippen LogP contribution is -2.78. The summed E-state index contributed by atoms with van der Waals surface area (Å²) in [5.41, 5.74) is 7.08. The van der Waals surface area contributed by atoms with Crippen molar-refractivity contribution >= 4 is 5.97 Å². The van der Waals surface area contributed by atoms with Gasteiger partial charge in [0.1, 0.15) is 12.1 Å². The zero-order valence-corrected chi connectivity index (χ0v) is 19.0. The summed E-state index contributed by atoms with van der Waals surface area (Å²) in [6, 6.07) is 3.18. The Morgan fingerprint density at radius 2 is 2.22 bits per heavy atom. The highest BCUT2D eigenvalue weighted by molar-refractivity contribution is 5.73. The van der Waals surface area contributed by atoms with Gasteiger partial charge in [-0.05, 0) is 70.3 Å². The number of likely N-dealkylation sites (tertiary alicyclic amines) is 1. The summed E-state index contributed by atoms with van der Waals surface area (Å²) in [6.07, 6.45) is 5.12. The summed E-state index contributed by atoms with van der Waals surface area (Å²) in [6.45, 7) is 1.48. The fraction of sp³-hybridized carbons (Fsp3) is 0.708. The molecular weight excluding hydrogens is 410 g/mol. The van der Waals surface area contributed by atoms with Crippen LogP contribution in [0, 0.1) is 0 Å². The van der Waals surface area contributed by atoms with Crippen LogP contribution in [0.4, 0.5) is 0 Å². The third kappa shape index (κ3) is 2.79. The molecule has 32 heavy (non-hydrogen) atoms. The number of likely N-dealkylation sites (N-methyl/N-ethyl adjacent to an activating group) is 1. The highest BCUT2D eigenvalue weighted by atomic mass is 16.5. The van der Waals surface area contributed by atoms with Crippen LogP contribution in [0.2, 0.25) is 0 Å². The maximum absolute atomic E-state index is 12.0. The van der Waals surface area contributed by atoms with Crippen LogP contribution >= 0.6 is 0 Å². The maximum Gasteiger partial charge on any atom is 0.320 e. The Morgan fingerprint density at radius 1 is 1.41 bits per heavy atom. The lowest BCUT2D eigenvalue weighted by molar-refractivity contribution is -0.204. The van der Waals surface area contributed by atoms with Crippen molar-refractivity contribution in [3.8, 4) is 11.5 Å². The van der Waals surface area contributed by atoms with Gasteiger partial charge in [-0.1, -0.05) is 12.5 Å². The summed E-state index contributed by atoms with van der Waals surface area (Å²) >= 11 is 0. The summed E-state index contributed by atoms with van der Waals surface area (Å²) in [5.74, 6) is -0.112. The molecule has 5 rings (SSSR count). The van der Waals surface area contributed by atoms with E-state index in [0.717, 1.165) is 50.6 Å². The third-order valence-corrected chi connectivity index (χ3v) is 8.71.